The number of pyridine rings is 1. The summed E-state index contributed by atoms with van der Waals surface area (Å²) < 4.78 is 4.92. The minimum absolute atomic E-state index is 0.445. The van der Waals surface area contributed by atoms with Crippen molar-refractivity contribution in [3.05, 3.63) is 114 Å². The number of aromatic nitrogens is 3. The van der Waals surface area contributed by atoms with Crippen molar-refractivity contribution in [1.82, 2.24) is 14.6 Å². The topological polar surface area (TPSA) is 30.2 Å². The number of rotatable bonds is 4. The number of nitrogens with zero attached hydrogens (tertiary/aromatic N) is 3. The standard InChI is InChI=1S/C38H31N3S/c1-22(2)26-17-18-35-32(19-26)33-21-27(23(3)4)20-31(36(33)42-35)24-13-15-25(16-14-24)37-39-40-38-30-11-6-5-9-28(30)29-10-7-8-12-34(29)41(37)38/h5-23H,1-4H3. The van der Waals surface area contributed by atoms with Gasteiger partial charge in [-0.2, -0.15) is 0 Å². The normalized spacial score (nSPS) is 12.2. The second kappa shape index (κ2) is 9.50. The minimum atomic E-state index is 0.445. The van der Waals surface area contributed by atoms with Gasteiger partial charge in [0, 0.05) is 36.5 Å². The van der Waals surface area contributed by atoms with Crippen molar-refractivity contribution in [2.45, 2.75) is 39.5 Å². The summed E-state index contributed by atoms with van der Waals surface area (Å²) >= 11 is 1.90. The van der Waals surface area contributed by atoms with Gasteiger partial charge >= 0.3 is 0 Å². The van der Waals surface area contributed by atoms with E-state index >= 15 is 0 Å². The Balaban J connectivity index is 1.31. The van der Waals surface area contributed by atoms with Gasteiger partial charge in [-0.05, 0) is 69.8 Å². The Hall–Kier alpha value is -4.54. The van der Waals surface area contributed by atoms with Crippen LogP contribution in [0.2, 0.25) is 0 Å². The van der Waals surface area contributed by atoms with Gasteiger partial charge in [0.05, 0.1) is 5.52 Å². The van der Waals surface area contributed by atoms with Crippen LogP contribution >= 0.6 is 11.3 Å². The van der Waals surface area contributed by atoms with E-state index in [2.05, 4.69) is 140 Å². The first-order valence-corrected chi connectivity index (χ1v) is 15.5. The van der Waals surface area contributed by atoms with Crippen LogP contribution in [0.3, 0.4) is 0 Å². The average Bonchev–Trinajstić information content (AvgIpc) is 3.63. The summed E-state index contributed by atoms with van der Waals surface area (Å²) in [6, 6.07) is 37.7. The van der Waals surface area contributed by atoms with E-state index in [9.17, 15) is 0 Å². The third kappa shape index (κ3) is 3.79. The minimum Gasteiger partial charge on any atom is -0.274 e. The first-order chi connectivity index (χ1) is 20.5. The lowest BCUT2D eigenvalue weighted by molar-refractivity contribution is 0.868. The molecular formula is C38H31N3S. The Morgan fingerprint density at radius 3 is 2.00 bits per heavy atom. The van der Waals surface area contributed by atoms with Gasteiger partial charge in [-0.15, -0.1) is 21.5 Å². The van der Waals surface area contributed by atoms with E-state index in [1.807, 2.05) is 11.3 Å². The molecule has 3 aromatic heterocycles. The van der Waals surface area contributed by atoms with Gasteiger partial charge in [0.1, 0.15) is 0 Å². The number of benzene rings is 5. The van der Waals surface area contributed by atoms with Gasteiger partial charge in [0.2, 0.25) is 0 Å². The number of hydrogen-bond acceptors (Lipinski definition) is 3. The lowest BCUT2D eigenvalue weighted by atomic mass is 9.93. The van der Waals surface area contributed by atoms with Crippen LogP contribution in [0.4, 0.5) is 0 Å². The zero-order chi connectivity index (χ0) is 28.5. The number of thiophene rings is 1. The fourth-order valence-corrected chi connectivity index (χ4v) is 7.51. The lowest BCUT2D eigenvalue weighted by Crippen LogP contribution is -1.94. The Kier molecular flexibility index (Phi) is 5.70. The first kappa shape index (κ1) is 25.2. The molecule has 3 nitrogen and oxygen atoms in total. The van der Waals surface area contributed by atoms with Crippen molar-refractivity contribution >= 4 is 58.8 Å². The fraction of sp³-hybridized carbons (Fsp3) is 0.158. The highest BCUT2D eigenvalue weighted by Gasteiger charge is 2.18. The smallest absolute Gasteiger partial charge is 0.169 e. The van der Waals surface area contributed by atoms with E-state index < -0.39 is 0 Å². The summed E-state index contributed by atoms with van der Waals surface area (Å²) in [5, 5.41) is 15.7. The molecule has 42 heavy (non-hydrogen) atoms. The molecule has 4 heteroatoms. The van der Waals surface area contributed by atoms with Gasteiger partial charge in [0.15, 0.2) is 11.5 Å². The monoisotopic (exact) mass is 561 g/mol. The molecule has 0 aliphatic rings. The van der Waals surface area contributed by atoms with Crippen LogP contribution in [0, 0.1) is 0 Å². The molecule has 0 aliphatic carbocycles. The van der Waals surface area contributed by atoms with E-state index in [0.717, 1.165) is 27.9 Å². The maximum absolute atomic E-state index is 4.72. The van der Waals surface area contributed by atoms with Crippen molar-refractivity contribution in [3.8, 4) is 22.5 Å². The molecular weight excluding hydrogens is 531 g/mol. The second-order valence-corrected chi connectivity index (χ2v) is 13.0. The highest BCUT2D eigenvalue weighted by molar-refractivity contribution is 7.26. The van der Waals surface area contributed by atoms with Gasteiger partial charge in [-0.25, -0.2) is 0 Å². The molecule has 3 heterocycles. The molecule has 0 amide bonds. The molecule has 0 saturated heterocycles. The third-order valence-corrected chi connectivity index (χ3v) is 9.89. The van der Waals surface area contributed by atoms with Crippen LogP contribution < -0.4 is 0 Å². The zero-order valence-corrected chi connectivity index (χ0v) is 25.0. The summed E-state index contributed by atoms with van der Waals surface area (Å²) in [7, 11) is 0. The van der Waals surface area contributed by atoms with Crippen LogP contribution in [0.25, 0.3) is 70.0 Å². The number of hydrogen-bond donors (Lipinski definition) is 0. The molecule has 5 aromatic carbocycles. The van der Waals surface area contributed by atoms with Gasteiger partial charge in [-0.3, -0.25) is 4.40 Å². The third-order valence-electron chi connectivity index (χ3n) is 8.67. The van der Waals surface area contributed by atoms with Crippen molar-refractivity contribution < 1.29 is 0 Å². The maximum Gasteiger partial charge on any atom is 0.169 e. The predicted molar refractivity (Wildman–Crippen MR) is 180 cm³/mol. The van der Waals surface area contributed by atoms with Crippen molar-refractivity contribution in [2.24, 2.45) is 0 Å². The van der Waals surface area contributed by atoms with E-state index in [1.54, 1.807) is 0 Å². The quantitative estimate of drug-likeness (QED) is 0.200. The van der Waals surface area contributed by atoms with Gasteiger partial charge in [0.25, 0.3) is 0 Å². The van der Waals surface area contributed by atoms with Crippen LogP contribution in [-0.4, -0.2) is 14.6 Å². The SMILES string of the molecule is CC(C)c1ccc2sc3c(-c4ccc(-c5nnc6c7ccccc7c7ccccc7n56)cc4)cc(C(C)C)cc3c2c1. The summed E-state index contributed by atoms with van der Waals surface area (Å²) in [5.41, 5.74) is 8.36. The van der Waals surface area contributed by atoms with Crippen molar-refractivity contribution in [3.63, 3.8) is 0 Å². The average molecular weight is 562 g/mol. The Bertz CT molecular complexity index is 2300. The molecule has 0 N–H and O–H groups in total. The molecule has 8 aromatic rings. The van der Waals surface area contributed by atoms with Crippen LogP contribution in [0.15, 0.2) is 103 Å². The summed E-state index contributed by atoms with van der Waals surface area (Å²) in [6.45, 7) is 9.11. The molecule has 204 valence electrons. The number of fused-ring (bicyclic) bond motifs is 9. The molecule has 0 unspecified atom stereocenters. The second-order valence-electron chi connectivity index (χ2n) is 11.9. The van der Waals surface area contributed by atoms with Gasteiger partial charge < -0.3 is 0 Å². The van der Waals surface area contributed by atoms with Gasteiger partial charge in [-0.1, -0.05) is 100 Å². The largest absolute Gasteiger partial charge is 0.274 e. The van der Waals surface area contributed by atoms with Crippen molar-refractivity contribution in [2.75, 3.05) is 0 Å². The molecule has 8 rings (SSSR count). The van der Waals surface area contributed by atoms with E-state index in [4.69, 9.17) is 5.10 Å². The lowest BCUT2D eigenvalue weighted by Gasteiger charge is -2.12. The zero-order valence-electron chi connectivity index (χ0n) is 24.2. The predicted octanol–water partition coefficient (Wildman–Crippen LogP) is 11.0. The number of para-hydroxylation sites is 1. The molecule has 0 aliphatic heterocycles. The highest BCUT2D eigenvalue weighted by Crippen LogP contribution is 2.43. The molecule has 0 atom stereocenters. The summed E-state index contributed by atoms with van der Waals surface area (Å²) in [5.74, 6) is 1.82. The van der Waals surface area contributed by atoms with Crippen LogP contribution in [0.5, 0.6) is 0 Å². The molecule has 0 bridgehead atoms. The van der Waals surface area contributed by atoms with E-state index in [0.29, 0.717) is 11.8 Å². The molecule has 0 radical (unpaired) electrons. The Labute approximate surface area is 249 Å². The van der Waals surface area contributed by atoms with E-state index in [1.165, 1.54) is 53.2 Å². The fourth-order valence-electron chi connectivity index (χ4n) is 6.31. The first-order valence-electron chi connectivity index (χ1n) is 14.7. The Morgan fingerprint density at radius 2 is 1.24 bits per heavy atom. The van der Waals surface area contributed by atoms with E-state index in [-0.39, 0.29) is 0 Å². The van der Waals surface area contributed by atoms with Crippen LogP contribution in [0.1, 0.15) is 50.7 Å². The van der Waals surface area contributed by atoms with Crippen molar-refractivity contribution in [1.29, 1.82) is 0 Å². The molecule has 0 spiro atoms. The van der Waals surface area contributed by atoms with Crippen LogP contribution in [-0.2, 0) is 0 Å². The molecule has 0 fully saturated rings. The highest BCUT2D eigenvalue weighted by atomic mass is 32.1. The molecule has 0 saturated carbocycles. The summed E-state index contributed by atoms with van der Waals surface area (Å²) in [6.07, 6.45) is 0. The maximum atomic E-state index is 4.72. The Morgan fingerprint density at radius 1 is 0.571 bits per heavy atom. The summed E-state index contributed by atoms with van der Waals surface area (Å²) in [4.78, 5) is 0.